The number of likely N-dealkylation sites (tertiary alicyclic amines) is 1. The van der Waals surface area contributed by atoms with Crippen molar-refractivity contribution in [2.75, 3.05) is 37.5 Å². The van der Waals surface area contributed by atoms with E-state index in [1.807, 2.05) is 4.90 Å². The van der Waals surface area contributed by atoms with E-state index in [1.54, 1.807) is 42.5 Å². The maximum atomic E-state index is 13.1. The molecule has 2 aliphatic heterocycles. The molecule has 1 N–H and O–H groups in total. The molecule has 172 valence electrons. The standard InChI is InChI=1S/C24H24ClN3O5/c1-32-17-10-11-18(19(14-17)33-2)28-23(30)20(25)21(24(28)31)26-16-8-6-15(7-9-16)22(29)27-12-4-3-5-13-27/h6-11,14,26H,3-5,12-13H2,1-2H3. The molecule has 33 heavy (non-hydrogen) atoms. The maximum Gasteiger partial charge on any atom is 0.283 e. The minimum absolute atomic E-state index is 0.0107. The Hall–Kier alpha value is -3.52. The first-order valence-corrected chi connectivity index (χ1v) is 11.0. The minimum atomic E-state index is -0.662. The Bertz CT molecular complexity index is 1120. The first-order valence-electron chi connectivity index (χ1n) is 10.6. The lowest BCUT2D eigenvalue weighted by Crippen LogP contribution is -2.35. The van der Waals surface area contributed by atoms with Crippen molar-refractivity contribution in [3.8, 4) is 11.5 Å². The summed E-state index contributed by atoms with van der Waals surface area (Å²) in [6.45, 7) is 1.53. The number of amides is 3. The Labute approximate surface area is 196 Å². The largest absolute Gasteiger partial charge is 0.497 e. The number of hydrogen-bond donors (Lipinski definition) is 1. The average Bonchev–Trinajstić information content (AvgIpc) is 3.07. The number of piperidine rings is 1. The van der Waals surface area contributed by atoms with Crippen molar-refractivity contribution in [1.29, 1.82) is 0 Å². The van der Waals surface area contributed by atoms with Crippen LogP contribution in [-0.2, 0) is 9.59 Å². The molecule has 0 saturated carbocycles. The van der Waals surface area contributed by atoms with Crippen LogP contribution in [0.25, 0.3) is 0 Å². The third kappa shape index (κ3) is 4.39. The van der Waals surface area contributed by atoms with E-state index in [9.17, 15) is 14.4 Å². The predicted octanol–water partition coefficient (Wildman–Crippen LogP) is 3.77. The van der Waals surface area contributed by atoms with Crippen LogP contribution in [0.5, 0.6) is 11.5 Å². The molecule has 0 unspecified atom stereocenters. The van der Waals surface area contributed by atoms with Gasteiger partial charge in [0.15, 0.2) is 0 Å². The molecule has 0 spiro atoms. The smallest absolute Gasteiger partial charge is 0.283 e. The number of halogens is 1. The topological polar surface area (TPSA) is 88.2 Å². The van der Waals surface area contributed by atoms with E-state index in [4.69, 9.17) is 21.1 Å². The molecule has 8 nitrogen and oxygen atoms in total. The predicted molar refractivity (Wildman–Crippen MR) is 125 cm³/mol. The molecule has 2 aromatic rings. The van der Waals surface area contributed by atoms with Crippen LogP contribution in [-0.4, -0.2) is 49.9 Å². The van der Waals surface area contributed by atoms with Crippen molar-refractivity contribution in [3.05, 3.63) is 58.8 Å². The lowest BCUT2D eigenvalue weighted by atomic mass is 10.1. The van der Waals surface area contributed by atoms with Crippen molar-refractivity contribution in [3.63, 3.8) is 0 Å². The van der Waals surface area contributed by atoms with E-state index in [2.05, 4.69) is 5.32 Å². The first kappa shape index (κ1) is 22.7. The summed E-state index contributed by atoms with van der Waals surface area (Å²) < 4.78 is 10.5. The molecule has 0 bridgehead atoms. The molecule has 1 saturated heterocycles. The van der Waals surface area contributed by atoms with Gasteiger partial charge >= 0.3 is 0 Å². The fourth-order valence-electron chi connectivity index (χ4n) is 3.92. The van der Waals surface area contributed by atoms with Crippen LogP contribution < -0.4 is 19.7 Å². The summed E-state index contributed by atoms with van der Waals surface area (Å²) in [5.74, 6) is -0.469. The molecule has 2 aromatic carbocycles. The Morgan fingerprint density at radius 3 is 2.27 bits per heavy atom. The van der Waals surface area contributed by atoms with Crippen molar-refractivity contribution in [2.45, 2.75) is 19.3 Å². The SMILES string of the molecule is COc1ccc(N2C(=O)C(Cl)=C(Nc3ccc(C(=O)N4CCCCC4)cc3)C2=O)c(OC)c1. The van der Waals surface area contributed by atoms with Crippen LogP contribution in [0.15, 0.2) is 53.2 Å². The van der Waals surface area contributed by atoms with E-state index in [0.29, 0.717) is 22.7 Å². The summed E-state index contributed by atoms with van der Waals surface area (Å²) in [5.41, 5.74) is 1.31. The average molecular weight is 470 g/mol. The van der Waals surface area contributed by atoms with Gasteiger partial charge in [0.25, 0.3) is 17.7 Å². The number of anilines is 2. The van der Waals surface area contributed by atoms with Gasteiger partial charge < -0.3 is 19.7 Å². The second-order valence-corrected chi connectivity index (χ2v) is 8.11. The summed E-state index contributed by atoms with van der Waals surface area (Å²) in [6, 6.07) is 11.5. The van der Waals surface area contributed by atoms with Crippen molar-refractivity contribution >= 4 is 40.7 Å². The Morgan fingerprint density at radius 2 is 1.64 bits per heavy atom. The lowest BCUT2D eigenvalue weighted by molar-refractivity contribution is -0.120. The molecule has 0 radical (unpaired) electrons. The number of hydrogen-bond acceptors (Lipinski definition) is 6. The zero-order chi connectivity index (χ0) is 23.5. The molecular formula is C24H24ClN3O5. The van der Waals surface area contributed by atoms with E-state index >= 15 is 0 Å². The highest BCUT2D eigenvalue weighted by atomic mass is 35.5. The van der Waals surface area contributed by atoms with Crippen LogP contribution >= 0.6 is 11.6 Å². The van der Waals surface area contributed by atoms with E-state index in [-0.39, 0.29) is 22.3 Å². The van der Waals surface area contributed by atoms with Gasteiger partial charge in [-0.1, -0.05) is 11.6 Å². The molecule has 0 aliphatic carbocycles. The normalized spacial score (nSPS) is 16.3. The summed E-state index contributed by atoms with van der Waals surface area (Å²) in [6.07, 6.45) is 3.18. The number of rotatable bonds is 6. The molecule has 2 heterocycles. The van der Waals surface area contributed by atoms with Crippen molar-refractivity contribution < 1.29 is 23.9 Å². The summed E-state index contributed by atoms with van der Waals surface area (Å²) in [7, 11) is 2.94. The molecule has 9 heteroatoms. The van der Waals surface area contributed by atoms with Gasteiger partial charge in [0.1, 0.15) is 22.2 Å². The zero-order valence-corrected chi connectivity index (χ0v) is 19.1. The Morgan fingerprint density at radius 1 is 0.939 bits per heavy atom. The summed E-state index contributed by atoms with van der Waals surface area (Å²) in [4.78, 5) is 41.3. The summed E-state index contributed by atoms with van der Waals surface area (Å²) >= 11 is 6.23. The van der Waals surface area contributed by atoms with Crippen molar-refractivity contribution in [2.24, 2.45) is 0 Å². The van der Waals surface area contributed by atoms with Gasteiger partial charge in [-0.15, -0.1) is 0 Å². The van der Waals surface area contributed by atoms with Crippen LogP contribution in [0.1, 0.15) is 29.6 Å². The number of nitrogens with zero attached hydrogens (tertiary/aromatic N) is 2. The number of ether oxygens (including phenoxy) is 2. The minimum Gasteiger partial charge on any atom is -0.497 e. The highest BCUT2D eigenvalue weighted by molar-refractivity contribution is 6.53. The van der Waals surface area contributed by atoms with E-state index in [1.165, 1.54) is 14.2 Å². The van der Waals surface area contributed by atoms with Gasteiger partial charge in [0, 0.05) is 30.4 Å². The zero-order valence-electron chi connectivity index (χ0n) is 18.4. The number of carbonyl (C=O) groups excluding carboxylic acids is 3. The molecule has 3 amide bonds. The Balaban J connectivity index is 1.52. The van der Waals surface area contributed by atoms with E-state index in [0.717, 1.165) is 37.3 Å². The monoisotopic (exact) mass is 469 g/mol. The number of methoxy groups -OCH3 is 2. The first-order chi connectivity index (χ1) is 15.9. The third-order valence-electron chi connectivity index (χ3n) is 5.70. The number of nitrogens with one attached hydrogen (secondary N) is 1. The van der Waals surface area contributed by atoms with Gasteiger partial charge in [0.05, 0.1) is 19.9 Å². The van der Waals surface area contributed by atoms with Crippen LogP contribution in [0.2, 0.25) is 0 Å². The molecule has 4 rings (SSSR count). The highest BCUT2D eigenvalue weighted by Gasteiger charge is 2.40. The lowest BCUT2D eigenvalue weighted by Gasteiger charge is -2.26. The second kappa shape index (κ2) is 9.54. The number of carbonyl (C=O) groups is 3. The fraction of sp³-hybridized carbons (Fsp3) is 0.292. The molecule has 1 fully saturated rings. The number of imide groups is 1. The number of benzene rings is 2. The Kier molecular flexibility index (Phi) is 6.55. The molecular weight excluding hydrogens is 446 g/mol. The second-order valence-electron chi connectivity index (χ2n) is 7.73. The molecule has 2 aliphatic rings. The third-order valence-corrected chi connectivity index (χ3v) is 6.05. The van der Waals surface area contributed by atoms with Gasteiger partial charge in [-0.25, -0.2) is 4.90 Å². The van der Waals surface area contributed by atoms with Gasteiger partial charge in [-0.05, 0) is 55.7 Å². The van der Waals surface area contributed by atoms with Crippen LogP contribution in [0, 0.1) is 0 Å². The van der Waals surface area contributed by atoms with Gasteiger partial charge in [-0.3, -0.25) is 14.4 Å². The van der Waals surface area contributed by atoms with Crippen LogP contribution in [0.4, 0.5) is 11.4 Å². The highest BCUT2D eigenvalue weighted by Crippen LogP contribution is 2.37. The summed E-state index contributed by atoms with van der Waals surface area (Å²) in [5, 5.41) is 2.69. The quantitative estimate of drug-likeness (QED) is 0.648. The van der Waals surface area contributed by atoms with Gasteiger partial charge in [0.2, 0.25) is 0 Å². The molecule has 0 aromatic heterocycles. The maximum absolute atomic E-state index is 13.1. The molecule has 0 atom stereocenters. The van der Waals surface area contributed by atoms with Gasteiger partial charge in [-0.2, -0.15) is 0 Å². The van der Waals surface area contributed by atoms with Crippen molar-refractivity contribution in [1.82, 2.24) is 4.90 Å². The fourth-order valence-corrected chi connectivity index (χ4v) is 4.13. The van der Waals surface area contributed by atoms with Crippen LogP contribution in [0.3, 0.4) is 0 Å². The van der Waals surface area contributed by atoms with E-state index < -0.39 is 11.8 Å².